The van der Waals surface area contributed by atoms with Gasteiger partial charge in [-0.2, -0.15) is 0 Å². The van der Waals surface area contributed by atoms with E-state index >= 15 is 0 Å². The summed E-state index contributed by atoms with van der Waals surface area (Å²) in [5.41, 5.74) is 4.61. The highest BCUT2D eigenvalue weighted by atomic mass is 16.3. The number of benzene rings is 2. The van der Waals surface area contributed by atoms with Crippen LogP contribution in [0.25, 0.3) is 6.08 Å². The average molecular weight is 335 g/mol. The number of rotatable bonds is 6. The molecule has 0 atom stereocenters. The normalized spacial score (nSPS) is 10.7. The van der Waals surface area contributed by atoms with E-state index in [0.717, 1.165) is 16.8 Å². The zero-order chi connectivity index (χ0) is 18.4. The molecule has 1 N–H and O–H groups in total. The number of allylic oxidation sites excluding steroid dienone is 3. The number of nitrogens with zero attached hydrogens (tertiary/aromatic N) is 1. The quantitative estimate of drug-likeness (QED) is 0.465. The molecular weight excluding hydrogens is 310 g/mol. The molecule has 3 heteroatoms. The van der Waals surface area contributed by atoms with Crippen LogP contribution in [0.2, 0.25) is 0 Å². The summed E-state index contributed by atoms with van der Waals surface area (Å²) in [6.07, 6.45) is 6.03. The number of carbonyl (C=O) groups excluding carboxylic acids is 1. The minimum atomic E-state index is -0.0739. The van der Waals surface area contributed by atoms with Crippen LogP contribution >= 0.6 is 0 Å². The first kappa shape index (κ1) is 18.5. The van der Waals surface area contributed by atoms with Crippen molar-refractivity contribution < 1.29 is 9.90 Å². The predicted octanol–water partition coefficient (Wildman–Crippen LogP) is 4.86. The summed E-state index contributed by atoms with van der Waals surface area (Å²) in [6.45, 7) is 4.02. The van der Waals surface area contributed by atoms with Crippen LogP contribution in [0.5, 0.6) is 5.75 Å². The van der Waals surface area contributed by atoms with Crippen molar-refractivity contribution in [3.63, 3.8) is 0 Å². The minimum Gasteiger partial charge on any atom is -0.508 e. The van der Waals surface area contributed by atoms with Crippen molar-refractivity contribution in [2.75, 3.05) is 19.0 Å². The maximum atomic E-state index is 12.4. The number of hydrogen-bond donors (Lipinski definition) is 1. The fourth-order valence-electron chi connectivity index (χ4n) is 2.37. The van der Waals surface area contributed by atoms with Gasteiger partial charge in [0.2, 0.25) is 0 Å². The molecule has 2 aromatic rings. The van der Waals surface area contributed by atoms with E-state index in [1.165, 1.54) is 5.57 Å². The van der Waals surface area contributed by atoms with Gasteiger partial charge >= 0.3 is 0 Å². The number of phenols is 1. The second-order valence-electron chi connectivity index (χ2n) is 6.51. The molecular formula is C22H25NO2. The Morgan fingerprint density at radius 2 is 1.76 bits per heavy atom. The van der Waals surface area contributed by atoms with E-state index in [4.69, 9.17) is 0 Å². The number of carbonyl (C=O) groups is 1. The summed E-state index contributed by atoms with van der Waals surface area (Å²) in [7, 11) is 3.98. The lowest BCUT2D eigenvalue weighted by atomic mass is 10.0. The molecule has 0 aliphatic heterocycles. The molecule has 0 spiro atoms. The Kier molecular flexibility index (Phi) is 6.18. The topological polar surface area (TPSA) is 40.5 Å². The van der Waals surface area contributed by atoms with Gasteiger partial charge in [-0.05, 0) is 67.8 Å². The van der Waals surface area contributed by atoms with Crippen LogP contribution in [0.3, 0.4) is 0 Å². The summed E-state index contributed by atoms with van der Waals surface area (Å²) in [5.74, 6) is 0.146. The zero-order valence-corrected chi connectivity index (χ0v) is 15.3. The lowest BCUT2D eigenvalue weighted by Gasteiger charge is -2.11. The summed E-state index contributed by atoms with van der Waals surface area (Å²) >= 11 is 0. The van der Waals surface area contributed by atoms with Crippen LogP contribution in [-0.4, -0.2) is 25.0 Å². The lowest BCUT2D eigenvalue weighted by Crippen LogP contribution is -2.07. The van der Waals surface area contributed by atoms with Crippen LogP contribution in [0.15, 0.2) is 60.2 Å². The molecule has 0 saturated carbocycles. The van der Waals surface area contributed by atoms with Crippen molar-refractivity contribution in [2.24, 2.45) is 0 Å². The van der Waals surface area contributed by atoms with Gasteiger partial charge in [0.1, 0.15) is 5.75 Å². The molecule has 25 heavy (non-hydrogen) atoms. The number of ketones is 1. The first-order valence-electron chi connectivity index (χ1n) is 8.32. The Morgan fingerprint density at radius 3 is 2.36 bits per heavy atom. The molecule has 0 aliphatic carbocycles. The molecule has 0 aliphatic rings. The summed E-state index contributed by atoms with van der Waals surface area (Å²) in [5, 5.41) is 9.95. The van der Waals surface area contributed by atoms with Gasteiger partial charge in [0.15, 0.2) is 5.78 Å². The molecule has 0 fully saturated rings. The van der Waals surface area contributed by atoms with Crippen molar-refractivity contribution in [3.8, 4) is 5.75 Å². The Hall–Kier alpha value is -2.81. The second-order valence-corrected chi connectivity index (χ2v) is 6.51. The standard InChI is InChI=1S/C22H25NO2/c1-16(2)5-9-18-15-19(10-14-22(18)25)21(24)13-8-17-6-11-20(12-7-17)23(3)4/h5-8,10-15,25H,9H2,1-4H3/b13-8+. The van der Waals surface area contributed by atoms with Crippen molar-refractivity contribution in [3.05, 3.63) is 76.9 Å². The van der Waals surface area contributed by atoms with E-state index in [-0.39, 0.29) is 11.5 Å². The highest BCUT2D eigenvalue weighted by molar-refractivity contribution is 6.07. The third kappa shape index (κ3) is 5.35. The number of aromatic hydroxyl groups is 1. The van der Waals surface area contributed by atoms with Crippen LogP contribution in [0, 0.1) is 0 Å². The highest BCUT2D eigenvalue weighted by Gasteiger charge is 2.06. The molecule has 2 aromatic carbocycles. The predicted molar refractivity (Wildman–Crippen MR) is 105 cm³/mol. The van der Waals surface area contributed by atoms with Gasteiger partial charge in [0.25, 0.3) is 0 Å². The van der Waals surface area contributed by atoms with Crippen molar-refractivity contribution in [2.45, 2.75) is 20.3 Å². The van der Waals surface area contributed by atoms with Gasteiger partial charge in [-0.1, -0.05) is 29.9 Å². The van der Waals surface area contributed by atoms with Gasteiger partial charge in [0.05, 0.1) is 0 Å². The first-order valence-corrected chi connectivity index (χ1v) is 8.32. The number of hydrogen-bond acceptors (Lipinski definition) is 3. The molecule has 0 aromatic heterocycles. The first-order chi connectivity index (χ1) is 11.9. The molecule has 0 unspecified atom stereocenters. The van der Waals surface area contributed by atoms with E-state index in [9.17, 15) is 9.90 Å². The molecule has 0 amide bonds. The summed E-state index contributed by atoms with van der Waals surface area (Å²) < 4.78 is 0. The monoisotopic (exact) mass is 335 g/mol. The Morgan fingerprint density at radius 1 is 1.08 bits per heavy atom. The minimum absolute atomic E-state index is 0.0739. The van der Waals surface area contributed by atoms with Gasteiger partial charge in [-0.3, -0.25) is 4.79 Å². The fourth-order valence-corrected chi connectivity index (χ4v) is 2.37. The van der Waals surface area contributed by atoms with Crippen molar-refractivity contribution in [1.82, 2.24) is 0 Å². The van der Waals surface area contributed by atoms with Crippen LogP contribution in [-0.2, 0) is 6.42 Å². The SMILES string of the molecule is CC(C)=CCc1cc(C(=O)/C=C/c2ccc(N(C)C)cc2)ccc1O. The average Bonchev–Trinajstić information content (AvgIpc) is 2.59. The van der Waals surface area contributed by atoms with Gasteiger partial charge in [0, 0.05) is 25.3 Å². The van der Waals surface area contributed by atoms with Gasteiger partial charge in [-0.15, -0.1) is 0 Å². The maximum absolute atomic E-state index is 12.4. The molecule has 130 valence electrons. The van der Waals surface area contributed by atoms with E-state index in [1.807, 2.05) is 69.3 Å². The fraction of sp³-hybridized carbons (Fsp3) is 0.227. The highest BCUT2D eigenvalue weighted by Crippen LogP contribution is 2.21. The Labute approximate surface area is 149 Å². The summed E-state index contributed by atoms with van der Waals surface area (Å²) in [6, 6.07) is 13.0. The van der Waals surface area contributed by atoms with Crippen LogP contribution in [0.4, 0.5) is 5.69 Å². The molecule has 0 bridgehead atoms. The molecule has 0 heterocycles. The van der Waals surface area contributed by atoms with Crippen LogP contribution in [0.1, 0.15) is 35.3 Å². The third-order valence-electron chi connectivity index (χ3n) is 3.93. The van der Waals surface area contributed by atoms with E-state index in [0.29, 0.717) is 12.0 Å². The molecule has 3 nitrogen and oxygen atoms in total. The third-order valence-corrected chi connectivity index (χ3v) is 3.93. The molecule has 0 saturated heterocycles. The van der Waals surface area contributed by atoms with E-state index < -0.39 is 0 Å². The second kappa shape index (κ2) is 8.34. The van der Waals surface area contributed by atoms with Crippen molar-refractivity contribution in [1.29, 1.82) is 0 Å². The van der Waals surface area contributed by atoms with Gasteiger partial charge < -0.3 is 10.0 Å². The smallest absolute Gasteiger partial charge is 0.185 e. The van der Waals surface area contributed by atoms with E-state index in [1.54, 1.807) is 24.3 Å². The Balaban J connectivity index is 2.14. The summed E-state index contributed by atoms with van der Waals surface area (Å²) in [4.78, 5) is 14.4. The molecule has 0 radical (unpaired) electrons. The van der Waals surface area contributed by atoms with Gasteiger partial charge in [-0.25, -0.2) is 0 Å². The largest absolute Gasteiger partial charge is 0.508 e. The number of phenolic OH excluding ortho intramolecular Hbond substituents is 1. The molecule has 2 rings (SSSR count). The van der Waals surface area contributed by atoms with E-state index in [2.05, 4.69) is 0 Å². The lowest BCUT2D eigenvalue weighted by molar-refractivity contribution is 0.104. The Bertz CT molecular complexity index is 795. The van der Waals surface area contributed by atoms with Crippen LogP contribution < -0.4 is 4.90 Å². The maximum Gasteiger partial charge on any atom is 0.185 e. The van der Waals surface area contributed by atoms with Crippen molar-refractivity contribution >= 4 is 17.5 Å². The number of anilines is 1. The zero-order valence-electron chi connectivity index (χ0n) is 15.3.